The highest BCUT2D eigenvalue weighted by Gasteiger charge is 2.11. The number of benzene rings is 1. The van der Waals surface area contributed by atoms with Crippen molar-refractivity contribution in [2.75, 3.05) is 0 Å². The number of rotatable bonds is 3. The quantitative estimate of drug-likeness (QED) is 0.692. The van der Waals surface area contributed by atoms with E-state index in [1.165, 1.54) is 5.56 Å². The van der Waals surface area contributed by atoms with Crippen molar-refractivity contribution in [3.63, 3.8) is 0 Å². The Labute approximate surface area is 131 Å². The van der Waals surface area contributed by atoms with E-state index in [4.69, 9.17) is 23.2 Å². The summed E-state index contributed by atoms with van der Waals surface area (Å²) in [7, 11) is 0. The summed E-state index contributed by atoms with van der Waals surface area (Å²) in [6, 6.07) is 7.69. The van der Waals surface area contributed by atoms with E-state index in [2.05, 4.69) is 26.8 Å². The van der Waals surface area contributed by atoms with Crippen LogP contribution in [0.15, 0.2) is 35.0 Å². The molecule has 0 aliphatic carbocycles. The van der Waals surface area contributed by atoms with Crippen molar-refractivity contribution >= 4 is 34.5 Å². The van der Waals surface area contributed by atoms with Crippen LogP contribution in [0.1, 0.15) is 17.1 Å². The van der Waals surface area contributed by atoms with Gasteiger partial charge in [0.15, 0.2) is 0 Å². The predicted molar refractivity (Wildman–Crippen MR) is 85.9 cm³/mol. The number of hydrogen-bond donors (Lipinski definition) is 1. The number of aromatic amines is 1. The third kappa shape index (κ3) is 2.75. The van der Waals surface area contributed by atoms with Gasteiger partial charge in [0.05, 0.1) is 15.7 Å². The van der Waals surface area contributed by atoms with Crippen LogP contribution >= 0.6 is 34.5 Å². The number of nitrogens with zero attached hydrogens (tertiary/aromatic N) is 1. The Morgan fingerprint density at radius 3 is 2.75 bits per heavy atom. The number of thiophene rings is 1. The van der Waals surface area contributed by atoms with Gasteiger partial charge in [-0.25, -0.2) is 4.98 Å². The molecule has 0 fully saturated rings. The summed E-state index contributed by atoms with van der Waals surface area (Å²) in [5.74, 6) is 0.960. The predicted octanol–water partition coefficient (Wildman–Crippen LogP) is 5.34. The maximum absolute atomic E-state index is 6.07. The van der Waals surface area contributed by atoms with Crippen molar-refractivity contribution in [2.24, 2.45) is 0 Å². The zero-order valence-corrected chi connectivity index (χ0v) is 13.1. The zero-order valence-electron chi connectivity index (χ0n) is 10.8. The van der Waals surface area contributed by atoms with Crippen LogP contribution in [0.3, 0.4) is 0 Å². The van der Waals surface area contributed by atoms with E-state index in [1.54, 1.807) is 17.4 Å². The molecule has 0 unspecified atom stereocenters. The third-order valence-corrected chi connectivity index (χ3v) is 4.55. The van der Waals surface area contributed by atoms with Crippen LogP contribution in [-0.4, -0.2) is 9.97 Å². The molecule has 1 N–H and O–H groups in total. The van der Waals surface area contributed by atoms with E-state index in [0.717, 1.165) is 29.2 Å². The van der Waals surface area contributed by atoms with Gasteiger partial charge in [-0.05, 0) is 41.4 Å². The van der Waals surface area contributed by atoms with Gasteiger partial charge < -0.3 is 4.98 Å². The molecule has 0 bridgehead atoms. The lowest BCUT2D eigenvalue weighted by Gasteiger charge is -2.01. The number of halogens is 2. The molecule has 3 rings (SSSR count). The molecule has 2 aromatic heterocycles. The second kappa shape index (κ2) is 5.60. The molecular formula is C15H12Cl2N2S. The van der Waals surface area contributed by atoms with Crippen LogP contribution in [0.2, 0.25) is 10.0 Å². The van der Waals surface area contributed by atoms with Gasteiger partial charge >= 0.3 is 0 Å². The largest absolute Gasteiger partial charge is 0.345 e. The van der Waals surface area contributed by atoms with Crippen molar-refractivity contribution in [1.82, 2.24) is 9.97 Å². The molecule has 0 radical (unpaired) electrons. The SMILES string of the molecule is Cc1[nH]c(Cc2ccsc2)nc1-c1ccc(Cl)c(Cl)c1. The van der Waals surface area contributed by atoms with Gasteiger partial charge in [-0.1, -0.05) is 29.3 Å². The molecule has 0 aliphatic heterocycles. The average molecular weight is 323 g/mol. The number of aromatic nitrogens is 2. The standard InChI is InChI=1S/C15H12Cl2N2S/c1-9-15(11-2-3-12(16)13(17)7-11)19-14(18-9)6-10-4-5-20-8-10/h2-5,7-8H,6H2,1H3,(H,18,19). The van der Waals surface area contributed by atoms with Crippen LogP contribution in [0, 0.1) is 6.92 Å². The molecule has 0 spiro atoms. The lowest BCUT2D eigenvalue weighted by Crippen LogP contribution is -1.88. The van der Waals surface area contributed by atoms with E-state index < -0.39 is 0 Å². The Hall–Kier alpha value is -1.29. The second-order valence-electron chi connectivity index (χ2n) is 4.59. The molecular weight excluding hydrogens is 311 g/mol. The Kier molecular flexibility index (Phi) is 3.83. The van der Waals surface area contributed by atoms with Gasteiger partial charge in [0.1, 0.15) is 5.82 Å². The van der Waals surface area contributed by atoms with Gasteiger partial charge in [-0.15, -0.1) is 0 Å². The van der Waals surface area contributed by atoms with E-state index in [0.29, 0.717) is 10.0 Å². The maximum Gasteiger partial charge on any atom is 0.111 e. The van der Waals surface area contributed by atoms with Crippen LogP contribution in [0.5, 0.6) is 0 Å². The van der Waals surface area contributed by atoms with Gasteiger partial charge in [0.25, 0.3) is 0 Å². The number of imidazole rings is 1. The molecule has 0 saturated heterocycles. The third-order valence-electron chi connectivity index (χ3n) is 3.08. The van der Waals surface area contributed by atoms with Gasteiger partial charge in [0.2, 0.25) is 0 Å². The van der Waals surface area contributed by atoms with Crippen molar-refractivity contribution in [1.29, 1.82) is 0 Å². The Morgan fingerprint density at radius 2 is 2.05 bits per heavy atom. The fourth-order valence-electron chi connectivity index (χ4n) is 2.12. The number of aryl methyl sites for hydroxylation is 1. The van der Waals surface area contributed by atoms with Gasteiger partial charge in [0, 0.05) is 17.7 Å². The summed E-state index contributed by atoms with van der Waals surface area (Å²) in [5.41, 5.74) is 4.21. The molecule has 2 heterocycles. The zero-order chi connectivity index (χ0) is 14.1. The van der Waals surface area contributed by atoms with Gasteiger partial charge in [-0.2, -0.15) is 11.3 Å². The highest BCUT2D eigenvalue weighted by Crippen LogP contribution is 2.29. The maximum atomic E-state index is 6.07. The molecule has 0 aliphatic rings. The van der Waals surface area contributed by atoms with Crippen LogP contribution in [0.25, 0.3) is 11.3 Å². The number of nitrogens with one attached hydrogen (secondary N) is 1. The first-order valence-corrected chi connectivity index (χ1v) is 7.85. The van der Waals surface area contributed by atoms with Crippen molar-refractivity contribution in [2.45, 2.75) is 13.3 Å². The fourth-order valence-corrected chi connectivity index (χ4v) is 3.08. The Balaban J connectivity index is 1.94. The first-order valence-electron chi connectivity index (χ1n) is 6.15. The lowest BCUT2D eigenvalue weighted by atomic mass is 10.1. The second-order valence-corrected chi connectivity index (χ2v) is 6.19. The van der Waals surface area contributed by atoms with E-state index >= 15 is 0 Å². The van der Waals surface area contributed by atoms with E-state index in [9.17, 15) is 0 Å². The van der Waals surface area contributed by atoms with Crippen LogP contribution in [-0.2, 0) is 6.42 Å². The van der Waals surface area contributed by atoms with Crippen LogP contribution < -0.4 is 0 Å². The van der Waals surface area contributed by atoms with E-state index in [1.807, 2.05) is 19.1 Å². The summed E-state index contributed by atoms with van der Waals surface area (Å²) in [6.45, 7) is 2.02. The molecule has 20 heavy (non-hydrogen) atoms. The van der Waals surface area contributed by atoms with Crippen LogP contribution in [0.4, 0.5) is 0 Å². The average Bonchev–Trinajstić information content (AvgIpc) is 3.03. The lowest BCUT2D eigenvalue weighted by molar-refractivity contribution is 1.02. The van der Waals surface area contributed by atoms with E-state index in [-0.39, 0.29) is 0 Å². The highest BCUT2D eigenvalue weighted by atomic mass is 35.5. The molecule has 2 nitrogen and oxygen atoms in total. The first kappa shape index (κ1) is 13.7. The highest BCUT2D eigenvalue weighted by molar-refractivity contribution is 7.07. The van der Waals surface area contributed by atoms with Crippen molar-refractivity contribution < 1.29 is 0 Å². The molecule has 0 atom stereocenters. The summed E-state index contributed by atoms with van der Waals surface area (Å²) >= 11 is 13.7. The normalized spacial score (nSPS) is 10.9. The minimum atomic E-state index is 0.547. The monoisotopic (exact) mass is 322 g/mol. The summed E-state index contributed by atoms with van der Waals surface area (Å²) in [4.78, 5) is 8.01. The smallest absolute Gasteiger partial charge is 0.111 e. The van der Waals surface area contributed by atoms with Crippen molar-refractivity contribution in [3.05, 3.63) is 62.2 Å². The molecule has 1 aromatic carbocycles. The minimum absolute atomic E-state index is 0.547. The molecule has 102 valence electrons. The molecule has 5 heteroatoms. The Bertz CT molecular complexity index is 732. The molecule has 0 saturated carbocycles. The molecule has 0 amide bonds. The van der Waals surface area contributed by atoms with Gasteiger partial charge in [-0.3, -0.25) is 0 Å². The molecule has 3 aromatic rings. The fraction of sp³-hybridized carbons (Fsp3) is 0.133. The topological polar surface area (TPSA) is 28.7 Å². The number of hydrogen-bond acceptors (Lipinski definition) is 2. The Morgan fingerprint density at radius 1 is 1.20 bits per heavy atom. The van der Waals surface area contributed by atoms with Crippen molar-refractivity contribution in [3.8, 4) is 11.3 Å². The summed E-state index contributed by atoms with van der Waals surface area (Å²) in [6.07, 6.45) is 0.811. The minimum Gasteiger partial charge on any atom is -0.345 e. The summed E-state index contributed by atoms with van der Waals surface area (Å²) in [5, 5.41) is 5.31. The summed E-state index contributed by atoms with van der Waals surface area (Å²) < 4.78 is 0. The number of H-pyrrole nitrogens is 1. The first-order chi connectivity index (χ1) is 9.63.